The third-order valence-corrected chi connectivity index (χ3v) is 3.73. The van der Waals surface area contributed by atoms with Crippen LogP contribution in [0.5, 0.6) is 11.5 Å². The number of hydrogen-bond donors (Lipinski definition) is 1. The molecule has 0 aliphatic heterocycles. The van der Waals surface area contributed by atoms with Crippen LogP contribution in [0.15, 0.2) is 48.5 Å². The number of ether oxygens (including phenoxy) is 2. The molecule has 2 aromatic carbocycles. The lowest BCUT2D eigenvalue weighted by molar-refractivity contribution is -0.123. The average Bonchev–Trinajstić information content (AvgIpc) is 3.14. The second-order valence-corrected chi connectivity index (χ2v) is 5.64. The van der Waals surface area contributed by atoms with E-state index in [1.54, 1.807) is 49.6 Å². The van der Waals surface area contributed by atoms with Crippen LogP contribution < -0.4 is 14.8 Å². The van der Waals surface area contributed by atoms with E-state index in [-0.39, 0.29) is 19.1 Å². The third-order valence-electron chi connectivity index (χ3n) is 3.48. The molecule has 3 rings (SSSR count). The first-order valence-corrected chi connectivity index (χ1v) is 8.11. The molecule has 9 heteroatoms. The van der Waals surface area contributed by atoms with Crippen LogP contribution in [0.4, 0.5) is 0 Å². The largest absolute Gasteiger partial charge is 0.493 e. The number of nitrogens with one attached hydrogen (secondary N) is 1. The molecule has 134 valence electrons. The van der Waals surface area contributed by atoms with E-state index in [1.165, 1.54) is 4.68 Å². The van der Waals surface area contributed by atoms with Gasteiger partial charge in [-0.2, -0.15) is 4.68 Å². The molecule has 0 spiro atoms. The van der Waals surface area contributed by atoms with Gasteiger partial charge in [0.2, 0.25) is 0 Å². The Morgan fingerprint density at radius 1 is 1.15 bits per heavy atom. The van der Waals surface area contributed by atoms with Crippen molar-refractivity contribution < 1.29 is 14.3 Å². The van der Waals surface area contributed by atoms with Gasteiger partial charge in [-0.15, -0.1) is 5.10 Å². The number of benzene rings is 2. The highest BCUT2D eigenvalue weighted by atomic mass is 35.5. The molecule has 0 saturated carbocycles. The Hall–Kier alpha value is -3.13. The molecule has 1 heterocycles. The predicted molar refractivity (Wildman–Crippen MR) is 94.5 cm³/mol. The maximum Gasteiger partial charge on any atom is 0.258 e. The topological polar surface area (TPSA) is 91.2 Å². The van der Waals surface area contributed by atoms with E-state index in [1.807, 2.05) is 6.07 Å². The summed E-state index contributed by atoms with van der Waals surface area (Å²) >= 11 is 5.88. The Kier molecular flexibility index (Phi) is 5.65. The van der Waals surface area contributed by atoms with Gasteiger partial charge in [0.15, 0.2) is 23.9 Å². The van der Waals surface area contributed by atoms with Crippen molar-refractivity contribution in [1.29, 1.82) is 0 Å². The van der Waals surface area contributed by atoms with Gasteiger partial charge in [0.1, 0.15) is 0 Å². The minimum atomic E-state index is -0.304. The van der Waals surface area contributed by atoms with E-state index in [0.717, 1.165) is 5.69 Å². The molecule has 0 aliphatic rings. The molecule has 0 unspecified atom stereocenters. The van der Waals surface area contributed by atoms with E-state index in [9.17, 15) is 4.79 Å². The minimum Gasteiger partial charge on any atom is -0.493 e. The molecule has 1 amide bonds. The van der Waals surface area contributed by atoms with E-state index in [2.05, 4.69) is 20.8 Å². The van der Waals surface area contributed by atoms with E-state index < -0.39 is 0 Å². The minimum absolute atomic E-state index is 0.150. The first-order chi connectivity index (χ1) is 12.7. The summed E-state index contributed by atoms with van der Waals surface area (Å²) < 4.78 is 12.2. The van der Waals surface area contributed by atoms with Gasteiger partial charge in [-0.1, -0.05) is 23.7 Å². The Morgan fingerprint density at radius 3 is 2.62 bits per heavy atom. The van der Waals surface area contributed by atoms with E-state index in [0.29, 0.717) is 22.3 Å². The van der Waals surface area contributed by atoms with Gasteiger partial charge >= 0.3 is 0 Å². The zero-order valence-corrected chi connectivity index (χ0v) is 14.7. The Bertz CT molecular complexity index is 882. The van der Waals surface area contributed by atoms with Gasteiger partial charge in [0.25, 0.3) is 5.91 Å². The average molecular weight is 374 g/mol. The zero-order valence-electron chi connectivity index (χ0n) is 13.9. The fraction of sp³-hybridized carbons (Fsp3) is 0.176. The number of para-hydroxylation sites is 2. The third kappa shape index (κ3) is 4.28. The Morgan fingerprint density at radius 2 is 1.88 bits per heavy atom. The van der Waals surface area contributed by atoms with Crippen LogP contribution in [0.3, 0.4) is 0 Å². The summed E-state index contributed by atoms with van der Waals surface area (Å²) in [6.07, 6.45) is 0. The first-order valence-electron chi connectivity index (χ1n) is 7.73. The number of carbonyl (C=O) groups excluding carboxylic acids is 1. The van der Waals surface area contributed by atoms with Crippen LogP contribution in [0.1, 0.15) is 5.82 Å². The normalized spacial score (nSPS) is 10.4. The number of halogens is 1. The van der Waals surface area contributed by atoms with Crippen LogP contribution in [-0.4, -0.2) is 39.8 Å². The first kappa shape index (κ1) is 17.7. The van der Waals surface area contributed by atoms with Crippen LogP contribution in [0.25, 0.3) is 5.69 Å². The van der Waals surface area contributed by atoms with Gasteiger partial charge in [0, 0.05) is 5.02 Å². The van der Waals surface area contributed by atoms with Crippen LogP contribution in [0, 0.1) is 0 Å². The van der Waals surface area contributed by atoms with Crippen LogP contribution in [-0.2, 0) is 11.3 Å². The number of amides is 1. The summed E-state index contributed by atoms with van der Waals surface area (Å²) in [5, 5.41) is 14.8. The molecule has 3 aromatic rings. The number of methoxy groups -OCH3 is 1. The maximum atomic E-state index is 12.0. The molecular weight excluding hydrogens is 358 g/mol. The second kappa shape index (κ2) is 8.30. The smallest absolute Gasteiger partial charge is 0.258 e. The summed E-state index contributed by atoms with van der Waals surface area (Å²) in [6.45, 7) is 0.00658. The number of rotatable bonds is 7. The molecule has 0 aliphatic carbocycles. The second-order valence-electron chi connectivity index (χ2n) is 5.20. The summed E-state index contributed by atoms with van der Waals surface area (Å²) in [7, 11) is 1.54. The number of hydrogen-bond acceptors (Lipinski definition) is 6. The highest BCUT2D eigenvalue weighted by molar-refractivity contribution is 6.30. The van der Waals surface area contributed by atoms with Crippen molar-refractivity contribution in [2.24, 2.45) is 0 Å². The number of carbonyl (C=O) groups is 1. The molecule has 0 saturated heterocycles. The lowest BCUT2D eigenvalue weighted by Gasteiger charge is -2.10. The van der Waals surface area contributed by atoms with Crippen molar-refractivity contribution in [3.63, 3.8) is 0 Å². The Labute approximate surface area is 154 Å². The van der Waals surface area contributed by atoms with Crippen molar-refractivity contribution >= 4 is 17.5 Å². The SMILES string of the molecule is COc1ccccc1OCC(=O)NCc1nnnn1-c1ccc(Cl)cc1. The van der Waals surface area contributed by atoms with Gasteiger partial charge in [0.05, 0.1) is 19.3 Å². The molecule has 26 heavy (non-hydrogen) atoms. The molecule has 1 aromatic heterocycles. The van der Waals surface area contributed by atoms with E-state index in [4.69, 9.17) is 21.1 Å². The fourth-order valence-electron chi connectivity index (χ4n) is 2.21. The van der Waals surface area contributed by atoms with Gasteiger partial charge in [-0.3, -0.25) is 4.79 Å². The zero-order chi connectivity index (χ0) is 18.4. The molecule has 0 fully saturated rings. The summed E-state index contributed by atoms with van der Waals surface area (Å²) in [6, 6.07) is 14.2. The number of tetrazole rings is 1. The van der Waals surface area contributed by atoms with Crippen molar-refractivity contribution in [2.45, 2.75) is 6.54 Å². The Balaban J connectivity index is 1.57. The van der Waals surface area contributed by atoms with Crippen LogP contribution >= 0.6 is 11.6 Å². The number of aromatic nitrogens is 4. The van der Waals surface area contributed by atoms with Gasteiger partial charge in [-0.25, -0.2) is 0 Å². The van der Waals surface area contributed by atoms with Crippen molar-refractivity contribution in [3.8, 4) is 17.2 Å². The monoisotopic (exact) mass is 373 g/mol. The molecule has 1 N–H and O–H groups in total. The standard InChI is InChI=1S/C17H16ClN5O3/c1-25-14-4-2-3-5-15(14)26-11-17(24)19-10-16-20-21-22-23(16)13-8-6-12(18)7-9-13/h2-9H,10-11H2,1H3,(H,19,24). The van der Waals surface area contributed by atoms with Crippen molar-refractivity contribution in [1.82, 2.24) is 25.5 Å². The van der Waals surface area contributed by atoms with E-state index >= 15 is 0 Å². The fourth-order valence-corrected chi connectivity index (χ4v) is 2.33. The quantitative estimate of drug-likeness (QED) is 0.681. The van der Waals surface area contributed by atoms with Gasteiger partial charge < -0.3 is 14.8 Å². The van der Waals surface area contributed by atoms with Crippen molar-refractivity contribution in [2.75, 3.05) is 13.7 Å². The molecule has 0 radical (unpaired) electrons. The maximum absolute atomic E-state index is 12.0. The highest BCUT2D eigenvalue weighted by Gasteiger charge is 2.11. The molecule has 0 bridgehead atoms. The summed E-state index contributed by atoms with van der Waals surface area (Å²) in [5.74, 6) is 1.24. The lowest BCUT2D eigenvalue weighted by Crippen LogP contribution is -2.29. The number of nitrogens with zero attached hydrogens (tertiary/aromatic N) is 4. The molecular formula is C17H16ClN5O3. The lowest BCUT2D eigenvalue weighted by atomic mass is 10.3. The van der Waals surface area contributed by atoms with Crippen molar-refractivity contribution in [3.05, 3.63) is 59.4 Å². The van der Waals surface area contributed by atoms with Gasteiger partial charge in [-0.05, 0) is 46.8 Å². The molecule has 0 atom stereocenters. The summed E-state index contributed by atoms with van der Waals surface area (Å²) in [5.41, 5.74) is 0.744. The van der Waals surface area contributed by atoms with Crippen LogP contribution in [0.2, 0.25) is 5.02 Å². The summed E-state index contributed by atoms with van der Waals surface area (Å²) in [4.78, 5) is 12.0. The highest BCUT2D eigenvalue weighted by Crippen LogP contribution is 2.25. The molecule has 8 nitrogen and oxygen atoms in total. The predicted octanol–water partition coefficient (Wildman–Crippen LogP) is 2.02.